The van der Waals surface area contributed by atoms with Gasteiger partial charge < -0.3 is 15.3 Å². The Morgan fingerprint density at radius 3 is 2.91 bits per heavy atom. The van der Waals surface area contributed by atoms with E-state index in [1.165, 1.54) is 5.56 Å². The number of pyridine rings is 1. The summed E-state index contributed by atoms with van der Waals surface area (Å²) in [7, 11) is 4.14. The Morgan fingerprint density at radius 2 is 2.17 bits per heavy atom. The predicted octanol–water partition coefficient (Wildman–Crippen LogP) is 2.79. The van der Waals surface area contributed by atoms with Crippen molar-refractivity contribution in [1.82, 2.24) is 9.88 Å². The maximum absolute atomic E-state index is 11.3. The van der Waals surface area contributed by atoms with E-state index >= 15 is 0 Å². The van der Waals surface area contributed by atoms with Crippen LogP contribution in [-0.2, 0) is 12.8 Å². The van der Waals surface area contributed by atoms with Gasteiger partial charge in [0.1, 0.15) is 0 Å². The molecule has 0 aliphatic heterocycles. The molecule has 3 rings (SSSR count). The van der Waals surface area contributed by atoms with Crippen molar-refractivity contribution < 1.29 is 9.90 Å². The number of fused-ring (bicyclic) bond motifs is 2. The van der Waals surface area contributed by atoms with Gasteiger partial charge in [0.2, 0.25) is 0 Å². The Bertz CT molecular complexity index is 741. The topological polar surface area (TPSA) is 65.5 Å². The maximum atomic E-state index is 11.3. The molecule has 0 radical (unpaired) electrons. The van der Waals surface area contributed by atoms with Gasteiger partial charge in [-0.1, -0.05) is 0 Å². The van der Waals surface area contributed by atoms with Gasteiger partial charge in [0.15, 0.2) is 0 Å². The van der Waals surface area contributed by atoms with Crippen molar-refractivity contribution in [1.29, 1.82) is 0 Å². The van der Waals surface area contributed by atoms with E-state index in [1.807, 2.05) is 6.07 Å². The van der Waals surface area contributed by atoms with Crippen LogP contribution in [0.5, 0.6) is 0 Å². The van der Waals surface area contributed by atoms with Crippen LogP contribution in [0.15, 0.2) is 18.2 Å². The third kappa shape index (κ3) is 3.29. The minimum absolute atomic E-state index is 0.314. The predicted molar refractivity (Wildman–Crippen MR) is 92.4 cm³/mol. The summed E-state index contributed by atoms with van der Waals surface area (Å²) >= 11 is 0. The van der Waals surface area contributed by atoms with Gasteiger partial charge in [-0.3, -0.25) is 4.98 Å². The lowest BCUT2D eigenvalue weighted by atomic mass is 10.0. The summed E-state index contributed by atoms with van der Waals surface area (Å²) in [6, 6.07) is 5.20. The highest BCUT2D eigenvalue weighted by molar-refractivity contribution is 5.99. The van der Waals surface area contributed by atoms with Gasteiger partial charge in [0.05, 0.1) is 11.1 Å². The fourth-order valence-corrected chi connectivity index (χ4v) is 3.21. The van der Waals surface area contributed by atoms with Crippen LogP contribution in [0, 0.1) is 0 Å². The quantitative estimate of drug-likeness (QED) is 0.803. The summed E-state index contributed by atoms with van der Waals surface area (Å²) in [6.45, 7) is 1.90. The number of carbonyl (C=O) groups is 1. The zero-order valence-electron chi connectivity index (χ0n) is 13.7. The molecular weight excluding hydrogens is 290 g/mol. The number of aromatic nitrogens is 1. The van der Waals surface area contributed by atoms with Gasteiger partial charge in [-0.05, 0) is 70.1 Å². The second kappa shape index (κ2) is 6.54. The van der Waals surface area contributed by atoms with Crippen LogP contribution in [0.1, 0.15) is 34.5 Å². The molecule has 0 unspecified atom stereocenters. The first-order valence-electron chi connectivity index (χ1n) is 8.13. The highest BCUT2D eigenvalue weighted by Gasteiger charge is 2.20. The number of rotatable bonds is 6. The van der Waals surface area contributed by atoms with E-state index in [2.05, 4.69) is 24.3 Å². The molecule has 5 nitrogen and oxygen atoms in total. The largest absolute Gasteiger partial charge is 0.478 e. The van der Waals surface area contributed by atoms with Crippen molar-refractivity contribution in [2.75, 3.05) is 32.5 Å². The lowest BCUT2D eigenvalue weighted by Crippen LogP contribution is -2.17. The summed E-state index contributed by atoms with van der Waals surface area (Å²) in [5, 5.41) is 13.7. The van der Waals surface area contributed by atoms with E-state index in [4.69, 9.17) is 4.98 Å². The highest BCUT2D eigenvalue weighted by atomic mass is 16.4. The maximum Gasteiger partial charge on any atom is 0.335 e. The SMILES string of the molecule is CN(C)CCCNc1c2c(nc3ccc(C(=O)O)cc13)CCC2. The highest BCUT2D eigenvalue weighted by Crippen LogP contribution is 2.34. The molecule has 0 saturated heterocycles. The molecular formula is C18H23N3O2. The Hall–Kier alpha value is -2.14. The molecule has 23 heavy (non-hydrogen) atoms. The number of anilines is 1. The van der Waals surface area contributed by atoms with E-state index in [-0.39, 0.29) is 0 Å². The fourth-order valence-electron chi connectivity index (χ4n) is 3.21. The van der Waals surface area contributed by atoms with Crippen LogP contribution in [-0.4, -0.2) is 48.1 Å². The first-order chi connectivity index (χ1) is 11.1. The van der Waals surface area contributed by atoms with Crippen molar-refractivity contribution in [2.45, 2.75) is 25.7 Å². The molecule has 0 bridgehead atoms. The molecule has 1 heterocycles. The normalized spacial score (nSPS) is 13.5. The van der Waals surface area contributed by atoms with Crippen LogP contribution in [0.3, 0.4) is 0 Å². The van der Waals surface area contributed by atoms with Crippen molar-refractivity contribution >= 4 is 22.6 Å². The van der Waals surface area contributed by atoms with Crippen LogP contribution >= 0.6 is 0 Å². The Balaban J connectivity index is 1.98. The van der Waals surface area contributed by atoms with Crippen LogP contribution in [0.2, 0.25) is 0 Å². The summed E-state index contributed by atoms with van der Waals surface area (Å²) in [5.41, 5.74) is 4.71. The molecule has 1 aliphatic rings. The van der Waals surface area contributed by atoms with Crippen LogP contribution < -0.4 is 5.32 Å². The second-order valence-corrected chi connectivity index (χ2v) is 6.39. The van der Waals surface area contributed by atoms with Gasteiger partial charge in [-0.2, -0.15) is 0 Å². The summed E-state index contributed by atoms with van der Waals surface area (Å²) in [6.07, 6.45) is 4.20. The monoisotopic (exact) mass is 313 g/mol. The van der Waals surface area contributed by atoms with Crippen molar-refractivity contribution in [3.8, 4) is 0 Å². The molecule has 0 saturated carbocycles. The fraction of sp³-hybridized carbons (Fsp3) is 0.444. The average molecular weight is 313 g/mol. The van der Waals surface area contributed by atoms with Gasteiger partial charge in [0.25, 0.3) is 0 Å². The van der Waals surface area contributed by atoms with Crippen molar-refractivity contribution in [2.24, 2.45) is 0 Å². The van der Waals surface area contributed by atoms with E-state index in [9.17, 15) is 9.90 Å². The number of nitrogens with zero attached hydrogens (tertiary/aromatic N) is 2. The minimum Gasteiger partial charge on any atom is -0.478 e. The van der Waals surface area contributed by atoms with E-state index in [0.717, 1.165) is 61.1 Å². The molecule has 2 aromatic rings. The smallest absolute Gasteiger partial charge is 0.335 e. The number of aryl methyl sites for hydroxylation is 1. The summed E-state index contributed by atoms with van der Waals surface area (Å²) < 4.78 is 0. The molecule has 1 aromatic carbocycles. The van der Waals surface area contributed by atoms with Gasteiger partial charge in [-0.15, -0.1) is 0 Å². The van der Waals surface area contributed by atoms with E-state index in [0.29, 0.717) is 5.56 Å². The third-order valence-electron chi connectivity index (χ3n) is 4.34. The summed E-state index contributed by atoms with van der Waals surface area (Å²) in [5.74, 6) is -0.897. The second-order valence-electron chi connectivity index (χ2n) is 6.39. The molecule has 0 spiro atoms. The lowest BCUT2D eigenvalue weighted by Gasteiger charge is -2.16. The number of carboxylic acids is 1. The molecule has 1 aromatic heterocycles. The first kappa shape index (κ1) is 15.7. The van der Waals surface area contributed by atoms with E-state index in [1.54, 1.807) is 12.1 Å². The zero-order valence-corrected chi connectivity index (χ0v) is 13.7. The molecule has 1 aliphatic carbocycles. The number of hydrogen-bond donors (Lipinski definition) is 2. The molecule has 0 atom stereocenters. The minimum atomic E-state index is -0.897. The first-order valence-corrected chi connectivity index (χ1v) is 8.13. The Kier molecular flexibility index (Phi) is 4.48. The molecule has 0 fully saturated rings. The van der Waals surface area contributed by atoms with Gasteiger partial charge >= 0.3 is 5.97 Å². The van der Waals surface area contributed by atoms with Crippen LogP contribution in [0.4, 0.5) is 5.69 Å². The summed E-state index contributed by atoms with van der Waals surface area (Å²) in [4.78, 5) is 18.2. The van der Waals surface area contributed by atoms with Gasteiger partial charge in [-0.25, -0.2) is 4.79 Å². The third-order valence-corrected chi connectivity index (χ3v) is 4.34. The Labute approximate surface area is 136 Å². The van der Waals surface area contributed by atoms with Gasteiger partial charge in [0, 0.05) is 23.3 Å². The average Bonchev–Trinajstić information content (AvgIpc) is 2.97. The number of nitrogens with one attached hydrogen (secondary N) is 1. The number of aromatic carboxylic acids is 1. The standard InChI is InChI=1S/C18H23N3O2/c1-21(2)10-4-9-19-17-13-5-3-6-15(13)20-16-8-7-12(18(22)23)11-14(16)17/h7-8,11H,3-6,9-10H2,1-2H3,(H,19,20)(H,22,23). The van der Waals surface area contributed by atoms with Crippen molar-refractivity contribution in [3.05, 3.63) is 35.0 Å². The number of hydrogen-bond acceptors (Lipinski definition) is 4. The molecule has 0 amide bonds. The number of benzene rings is 1. The molecule has 2 N–H and O–H groups in total. The van der Waals surface area contributed by atoms with E-state index < -0.39 is 5.97 Å². The Morgan fingerprint density at radius 1 is 1.35 bits per heavy atom. The molecule has 122 valence electrons. The zero-order chi connectivity index (χ0) is 16.4. The molecule has 5 heteroatoms. The van der Waals surface area contributed by atoms with Crippen LogP contribution in [0.25, 0.3) is 10.9 Å². The van der Waals surface area contributed by atoms with Crippen molar-refractivity contribution in [3.63, 3.8) is 0 Å². The number of carboxylic acid groups (broad SMARTS) is 1. The lowest BCUT2D eigenvalue weighted by molar-refractivity contribution is 0.0697.